The van der Waals surface area contributed by atoms with E-state index in [1.165, 1.54) is 0 Å². The molecule has 1 unspecified atom stereocenters. The van der Waals surface area contributed by atoms with Gasteiger partial charge in [-0.3, -0.25) is 4.79 Å². The molecular formula is C8H7B2N2O. The molecule has 61 valence electrons. The Labute approximate surface area is 78.6 Å². The minimum absolute atomic E-state index is 0.219. The SMILES string of the molecule is [B]C1([B]C)C(=O)Nc2ncccc21. The Kier molecular flexibility index (Phi) is 1.68. The zero-order valence-electron chi connectivity index (χ0n) is 7.24. The smallest absolute Gasteiger partial charge is 0.219 e. The summed E-state index contributed by atoms with van der Waals surface area (Å²) in [6.45, 7) is 1.77. The van der Waals surface area contributed by atoms with Gasteiger partial charge in [0, 0.05) is 11.4 Å². The number of fused-ring (bicyclic) bond motifs is 1. The van der Waals surface area contributed by atoms with E-state index >= 15 is 0 Å². The molecule has 1 atom stereocenters. The van der Waals surface area contributed by atoms with E-state index < -0.39 is 5.21 Å². The van der Waals surface area contributed by atoms with Gasteiger partial charge in [-0.15, -0.1) is 0 Å². The van der Waals surface area contributed by atoms with E-state index in [0.717, 1.165) is 5.56 Å². The fraction of sp³-hybridized carbons (Fsp3) is 0.250. The highest BCUT2D eigenvalue weighted by atomic mass is 16.2. The molecule has 0 aliphatic carbocycles. The van der Waals surface area contributed by atoms with E-state index in [1.54, 1.807) is 32.4 Å². The Morgan fingerprint density at radius 1 is 1.69 bits per heavy atom. The van der Waals surface area contributed by atoms with Gasteiger partial charge in [-0.1, -0.05) is 12.9 Å². The van der Waals surface area contributed by atoms with Crippen molar-refractivity contribution < 1.29 is 4.79 Å². The summed E-state index contributed by atoms with van der Waals surface area (Å²) >= 11 is 0. The van der Waals surface area contributed by atoms with Gasteiger partial charge in [-0.25, -0.2) is 4.98 Å². The number of nitrogens with one attached hydrogen (secondary N) is 1. The van der Waals surface area contributed by atoms with Crippen LogP contribution in [0, 0.1) is 0 Å². The zero-order valence-corrected chi connectivity index (χ0v) is 7.24. The predicted octanol–water partition coefficient (Wildman–Crippen LogP) is 0.107. The predicted molar refractivity (Wildman–Crippen MR) is 51.9 cm³/mol. The third kappa shape index (κ3) is 0.996. The van der Waals surface area contributed by atoms with Crippen molar-refractivity contribution in [2.45, 2.75) is 12.0 Å². The van der Waals surface area contributed by atoms with Crippen LogP contribution in [0.3, 0.4) is 0 Å². The van der Waals surface area contributed by atoms with Crippen LogP contribution in [0.2, 0.25) is 6.82 Å². The molecule has 0 spiro atoms. The summed E-state index contributed by atoms with van der Waals surface area (Å²) in [7, 11) is 7.58. The van der Waals surface area contributed by atoms with E-state index in [2.05, 4.69) is 10.3 Å². The van der Waals surface area contributed by atoms with Crippen LogP contribution in [0.25, 0.3) is 0 Å². The van der Waals surface area contributed by atoms with Gasteiger partial charge >= 0.3 is 0 Å². The average molecular weight is 169 g/mol. The first kappa shape index (κ1) is 8.35. The second kappa shape index (κ2) is 2.62. The first-order chi connectivity index (χ1) is 6.18. The zero-order chi connectivity index (χ0) is 9.47. The molecule has 0 saturated heterocycles. The van der Waals surface area contributed by atoms with Gasteiger partial charge in [0.2, 0.25) is 5.91 Å². The molecule has 13 heavy (non-hydrogen) atoms. The van der Waals surface area contributed by atoms with Crippen molar-refractivity contribution >= 4 is 26.9 Å². The minimum Gasteiger partial charge on any atom is -0.311 e. The molecule has 0 saturated carbocycles. The maximum absolute atomic E-state index is 11.5. The number of carbonyl (C=O) groups is 1. The van der Waals surface area contributed by atoms with Crippen molar-refractivity contribution in [1.82, 2.24) is 4.98 Å². The average Bonchev–Trinajstić information content (AvgIpc) is 2.41. The van der Waals surface area contributed by atoms with E-state index in [1.807, 2.05) is 0 Å². The Bertz CT molecular complexity index is 369. The lowest BCUT2D eigenvalue weighted by Crippen LogP contribution is -2.39. The number of carbonyl (C=O) groups excluding carboxylic acids is 1. The van der Waals surface area contributed by atoms with Crippen molar-refractivity contribution in [2.24, 2.45) is 0 Å². The van der Waals surface area contributed by atoms with Gasteiger partial charge in [-0.05, 0) is 11.6 Å². The lowest BCUT2D eigenvalue weighted by atomic mass is 9.41. The number of amides is 1. The third-order valence-corrected chi connectivity index (χ3v) is 2.32. The van der Waals surface area contributed by atoms with Crippen LogP contribution in [-0.4, -0.2) is 26.0 Å². The monoisotopic (exact) mass is 169 g/mol. The van der Waals surface area contributed by atoms with Crippen LogP contribution in [0.1, 0.15) is 5.56 Å². The Hall–Kier alpha value is -1.25. The Morgan fingerprint density at radius 3 is 3.15 bits per heavy atom. The summed E-state index contributed by atoms with van der Waals surface area (Å²) in [5.74, 6) is 0.344. The number of anilines is 1. The van der Waals surface area contributed by atoms with E-state index in [9.17, 15) is 4.79 Å². The third-order valence-electron chi connectivity index (χ3n) is 2.32. The molecule has 0 fully saturated rings. The first-order valence-corrected chi connectivity index (χ1v) is 4.05. The molecule has 1 aliphatic heterocycles. The largest absolute Gasteiger partial charge is 0.311 e. The molecule has 1 aromatic rings. The standard InChI is InChI=1S/C8H7B2N2O/c1-10-8(9)5-3-2-4-11-6(5)12-7(8)13/h2-4H,1H3,(H,11,12,13). The number of nitrogens with zero attached hydrogens (tertiary/aromatic N) is 1. The number of pyridine rings is 1. The van der Waals surface area contributed by atoms with Crippen molar-refractivity contribution in [3.05, 3.63) is 23.9 Å². The molecule has 1 amide bonds. The van der Waals surface area contributed by atoms with Crippen LogP contribution in [0.4, 0.5) is 5.82 Å². The summed E-state index contributed by atoms with van der Waals surface area (Å²) in [4.78, 5) is 15.5. The van der Waals surface area contributed by atoms with Crippen LogP contribution in [0.5, 0.6) is 0 Å². The molecule has 3 nitrogen and oxygen atoms in total. The lowest BCUT2D eigenvalue weighted by Gasteiger charge is -2.18. The minimum atomic E-state index is -1.01. The molecule has 0 aromatic carbocycles. The van der Waals surface area contributed by atoms with Crippen molar-refractivity contribution in [3.63, 3.8) is 0 Å². The topological polar surface area (TPSA) is 42.0 Å². The van der Waals surface area contributed by atoms with E-state index in [-0.39, 0.29) is 5.91 Å². The van der Waals surface area contributed by atoms with Crippen LogP contribution >= 0.6 is 0 Å². The van der Waals surface area contributed by atoms with Crippen molar-refractivity contribution in [2.75, 3.05) is 5.32 Å². The summed E-state index contributed by atoms with van der Waals surface area (Å²) in [6, 6.07) is 3.57. The summed E-state index contributed by atoms with van der Waals surface area (Å²) < 4.78 is 0. The number of rotatable bonds is 1. The van der Waals surface area contributed by atoms with Gasteiger partial charge in [0.1, 0.15) is 13.1 Å². The maximum Gasteiger partial charge on any atom is 0.219 e. The van der Waals surface area contributed by atoms with E-state index in [0.29, 0.717) is 5.82 Å². The first-order valence-electron chi connectivity index (χ1n) is 4.05. The van der Waals surface area contributed by atoms with Crippen LogP contribution < -0.4 is 5.32 Å². The molecule has 0 bridgehead atoms. The van der Waals surface area contributed by atoms with Crippen LogP contribution in [-0.2, 0) is 10.0 Å². The van der Waals surface area contributed by atoms with Gasteiger partial charge < -0.3 is 5.32 Å². The number of hydrogen-bond acceptors (Lipinski definition) is 2. The molecule has 1 aromatic heterocycles. The van der Waals surface area contributed by atoms with Gasteiger partial charge in [0.15, 0.2) is 0 Å². The molecule has 2 rings (SSSR count). The van der Waals surface area contributed by atoms with Crippen molar-refractivity contribution in [1.29, 1.82) is 0 Å². The van der Waals surface area contributed by atoms with Gasteiger partial charge in [0.25, 0.3) is 0 Å². The second-order valence-corrected chi connectivity index (χ2v) is 3.01. The number of hydrogen-bond donors (Lipinski definition) is 1. The summed E-state index contributed by atoms with van der Waals surface area (Å²) in [5, 5.41) is 1.62. The van der Waals surface area contributed by atoms with Crippen LogP contribution in [0.15, 0.2) is 18.3 Å². The fourth-order valence-electron chi connectivity index (χ4n) is 1.46. The second-order valence-electron chi connectivity index (χ2n) is 3.01. The summed E-state index contributed by atoms with van der Waals surface area (Å²) in [6.07, 6.45) is 1.63. The molecule has 2 heterocycles. The summed E-state index contributed by atoms with van der Waals surface area (Å²) in [5.41, 5.74) is 0.738. The molecule has 1 N–H and O–H groups in total. The highest BCUT2D eigenvalue weighted by molar-refractivity contribution is 6.63. The van der Waals surface area contributed by atoms with E-state index in [4.69, 9.17) is 7.85 Å². The molecule has 3 radical (unpaired) electrons. The molecular weight excluding hydrogens is 162 g/mol. The fourth-order valence-corrected chi connectivity index (χ4v) is 1.46. The normalized spacial score (nSPS) is 25.2. The molecule has 1 aliphatic rings. The van der Waals surface area contributed by atoms with Gasteiger partial charge in [0.05, 0.1) is 7.85 Å². The highest BCUT2D eigenvalue weighted by Crippen LogP contribution is 2.32. The maximum atomic E-state index is 11.5. The van der Waals surface area contributed by atoms with Gasteiger partial charge in [-0.2, -0.15) is 0 Å². The lowest BCUT2D eigenvalue weighted by molar-refractivity contribution is -0.116. The highest BCUT2D eigenvalue weighted by Gasteiger charge is 2.40. The number of aromatic nitrogens is 1. The quantitative estimate of drug-likeness (QED) is 0.605. The Morgan fingerprint density at radius 2 is 2.46 bits per heavy atom. The Balaban J connectivity index is 2.59. The van der Waals surface area contributed by atoms with Crippen molar-refractivity contribution in [3.8, 4) is 0 Å². The molecule has 5 heteroatoms.